The van der Waals surface area contributed by atoms with Gasteiger partial charge in [0.05, 0.1) is 16.1 Å². The van der Waals surface area contributed by atoms with Crippen LogP contribution in [0.15, 0.2) is 71.6 Å². The molecule has 0 saturated carbocycles. The molecule has 2 N–H and O–H groups in total. The van der Waals surface area contributed by atoms with E-state index in [-0.39, 0.29) is 15.5 Å². The maximum atomic E-state index is 13.9. The SMILES string of the molecule is Cc1ccc(NC(=O)c2cc(Cl)ccc2F)cc1NS(=O)(=O)c1ccccc1. The molecule has 0 aliphatic carbocycles. The summed E-state index contributed by atoms with van der Waals surface area (Å²) >= 11 is 5.82. The van der Waals surface area contributed by atoms with E-state index >= 15 is 0 Å². The van der Waals surface area contributed by atoms with Crippen molar-refractivity contribution in [3.05, 3.63) is 88.7 Å². The number of aryl methyl sites for hydroxylation is 1. The predicted octanol–water partition coefficient (Wildman–Crippen LogP) is 4.84. The molecule has 0 aromatic heterocycles. The van der Waals surface area contributed by atoms with E-state index in [1.165, 1.54) is 30.3 Å². The van der Waals surface area contributed by atoms with Gasteiger partial charge in [-0.05, 0) is 55.0 Å². The zero-order chi connectivity index (χ0) is 20.3. The van der Waals surface area contributed by atoms with Crippen LogP contribution in [0.1, 0.15) is 15.9 Å². The number of sulfonamides is 1. The van der Waals surface area contributed by atoms with Crippen LogP contribution in [0.5, 0.6) is 0 Å². The number of benzene rings is 3. The fourth-order valence-corrected chi connectivity index (χ4v) is 3.80. The molecule has 0 fully saturated rings. The van der Waals surface area contributed by atoms with Crippen molar-refractivity contribution < 1.29 is 17.6 Å². The second kappa shape index (κ2) is 8.00. The highest BCUT2D eigenvalue weighted by molar-refractivity contribution is 7.92. The minimum absolute atomic E-state index is 0.116. The largest absolute Gasteiger partial charge is 0.322 e. The van der Waals surface area contributed by atoms with Gasteiger partial charge in [0.15, 0.2) is 0 Å². The summed E-state index contributed by atoms with van der Waals surface area (Å²) in [6.45, 7) is 1.73. The van der Waals surface area contributed by atoms with Gasteiger partial charge in [-0.25, -0.2) is 12.8 Å². The Balaban J connectivity index is 1.86. The Hall–Kier alpha value is -2.90. The van der Waals surface area contributed by atoms with Crippen molar-refractivity contribution >= 4 is 38.9 Å². The van der Waals surface area contributed by atoms with Crippen molar-refractivity contribution in [1.29, 1.82) is 0 Å². The Morgan fingerprint density at radius 2 is 1.71 bits per heavy atom. The number of carbonyl (C=O) groups excluding carboxylic acids is 1. The van der Waals surface area contributed by atoms with Crippen molar-refractivity contribution in [2.75, 3.05) is 10.0 Å². The van der Waals surface area contributed by atoms with E-state index in [1.807, 2.05) is 0 Å². The molecule has 0 aliphatic heterocycles. The van der Waals surface area contributed by atoms with Crippen LogP contribution in [0.2, 0.25) is 5.02 Å². The minimum atomic E-state index is -3.79. The minimum Gasteiger partial charge on any atom is -0.322 e. The Labute approximate surface area is 167 Å². The maximum absolute atomic E-state index is 13.9. The van der Waals surface area contributed by atoms with Crippen LogP contribution in [0.3, 0.4) is 0 Å². The fourth-order valence-electron chi connectivity index (χ4n) is 2.48. The third-order valence-electron chi connectivity index (χ3n) is 3.97. The van der Waals surface area contributed by atoms with Crippen molar-refractivity contribution in [2.45, 2.75) is 11.8 Å². The maximum Gasteiger partial charge on any atom is 0.261 e. The second-order valence-corrected chi connectivity index (χ2v) is 8.15. The summed E-state index contributed by atoms with van der Waals surface area (Å²) in [5.74, 6) is -1.40. The highest BCUT2D eigenvalue weighted by atomic mass is 35.5. The first-order chi connectivity index (χ1) is 13.3. The summed E-state index contributed by atoms with van der Waals surface area (Å²) in [5, 5.41) is 2.78. The topological polar surface area (TPSA) is 75.3 Å². The van der Waals surface area contributed by atoms with E-state index in [1.54, 1.807) is 37.3 Å². The molecule has 28 heavy (non-hydrogen) atoms. The zero-order valence-corrected chi connectivity index (χ0v) is 16.3. The molecule has 0 spiro atoms. The first kappa shape index (κ1) is 19.9. The normalized spacial score (nSPS) is 11.1. The van der Waals surface area contributed by atoms with Gasteiger partial charge in [-0.1, -0.05) is 35.9 Å². The van der Waals surface area contributed by atoms with Crippen LogP contribution in [0.4, 0.5) is 15.8 Å². The van der Waals surface area contributed by atoms with Crippen LogP contribution in [-0.4, -0.2) is 14.3 Å². The van der Waals surface area contributed by atoms with E-state index in [2.05, 4.69) is 10.0 Å². The first-order valence-electron chi connectivity index (χ1n) is 8.21. The lowest BCUT2D eigenvalue weighted by Crippen LogP contribution is -2.16. The van der Waals surface area contributed by atoms with Crippen molar-refractivity contribution in [3.63, 3.8) is 0 Å². The number of amides is 1. The van der Waals surface area contributed by atoms with Gasteiger partial charge in [0.1, 0.15) is 5.82 Å². The van der Waals surface area contributed by atoms with Gasteiger partial charge in [-0.15, -0.1) is 0 Å². The average Bonchev–Trinajstić information content (AvgIpc) is 2.67. The number of rotatable bonds is 5. The van der Waals surface area contributed by atoms with Gasteiger partial charge in [-0.3, -0.25) is 9.52 Å². The lowest BCUT2D eigenvalue weighted by atomic mass is 10.1. The van der Waals surface area contributed by atoms with Crippen LogP contribution >= 0.6 is 11.6 Å². The van der Waals surface area contributed by atoms with Crippen LogP contribution in [-0.2, 0) is 10.0 Å². The number of hydrogen-bond acceptors (Lipinski definition) is 3. The number of halogens is 2. The summed E-state index contributed by atoms with van der Waals surface area (Å²) in [6.07, 6.45) is 0. The van der Waals surface area contributed by atoms with Gasteiger partial charge >= 0.3 is 0 Å². The van der Waals surface area contributed by atoms with Crippen LogP contribution in [0.25, 0.3) is 0 Å². The highest BCUT2D eigenvalue weighted by Crippen LogP contribution is 2.24. The van der Waals surface area contributed by atoms with Gasteiger partial charge in [0, 0.05) is 10.7 Å². The summed E-state index contributed by atoms with van der Waals surface area (Å²) in [6, 6.07) is 16.3. The molecule has 3 aromatic rings. The molecule has 0 heterocycles. The molecule has 1 amide bonds. The average molecular weight is 419 g/mol. The lowest BCUT2D eigenvalue weighted by molar-refractivity contribution is 0.102. The van der Waals surface area contributed by atoms with E-state index in [0.29, 0.717) is 16.9 Å². The highest BCUT2D eigenvalue weighted by Gasteiger charge is 2.16. The summed E-state index contributed by atoms with van der Waals surface area (Å²) in [5.41, 5.74) is 1.06. The van der Waals surface area contributed by atoms with Crippen LogP contribution < -0.4 is 10.0 Å². The van der Waals surface area contributed by atoms with Crippen molar-refractivity contribution in [3.8, 4) is 0 Å². The van der Waals surface area contributed by atoms with Crippen LogP contribution in [0, 0.1) is 12.7 Å². The molecule has 144 valence electrons. The molecule has 0 unspecified atom stereocenters. The standard InChI is InChI=1S/C20H16ClFN2O3S/c1-13-7-9-15(23-20(25)17-11-14(21)8-10-18(17)22)12-19(13)24-28(26,27)16-5-3-2-4-6-16/h2-12,24H,1H3,(H,23,25). The monoisotopic (exact) mass is 418 g/mol. The molecule has 0 bridgehead atoms. The molecule has 0 aliphatic rings. The third-order valence-corrected chi connectivity index (χ3v) is 5.58. The Kier molecular flexibility index (Phi) is 5.67. The van der Waals surface area contributed by atoms with Crippen molar-refractivity contribution in [2.24, 2.45) is 0 Å². The predicted molar refractivity (Wildman–Crippen MR) is 108 cm³/mol. The third kappa shape index (κ3) is 4.49. The first-order valence-corrected chi connectivity index (χ1v) is 10.1. The van der Waals surface area contributed by atoms with Gasteiger partial charge in [-0.2, -0.15) is 0 Å². The number of hydrogen-bond donors (Lipinski definition) is 2. The van der Waals surface area contributed by atoms with Gasteiger partial charge < -0.3 is 5.32 Å². The molecule has 0 atom stereocenters. The second-order valence-electron chi connectivity index (χ2n) is 6.03. The van der Waals surface area contributed by atoms with E-state index < -0.39 is 21.7 Å². The van der Waals surface area contributed by atoms with Crippen molar-refractivity contribution in [1.82, 2.24) is 0 Å². The number of anilines is 2. The molecule has 8 heteroatoms. The summed E-state index contributed by atoms with van der Waals surface area (Å²) in [7, 11) is -3.79. The van der Waals surface area contributed by atoms with Gasteiger partial charge in [0.25, 0.3) is 15.9 Å². The Bertz CT molecular complexity index is 1140. The zero-order valence-electron chi connectivity index (χ0n) is 14.7. The molecule has 0 radical (unpaired) electrons. The van der Waals surface area contributed by atoms with Gasteiger partial charge in [0.2, 0.25) is 0 Å². The summed E-state index contributed by atoms with van der Waals surface area (Å²) < 4.78 is 41.4. The molecule has 5 nitrogen and oxygen atoms in total. The smallest absolute Gasteiger partial charge is 0.261 e. The lowest BCUT2D eigenvalue weighted by Gasteiger charge is -2.13. The Morgan fingerprint density at radius 1 is 1.00 bits per heavy atom. The number of nitrogens with one attached hydrogen (secondary N) is 2. The molecule has 0 saturated heterocycles. The Morgan fingerprint density at radius 3 is 2.43 bits per heavy atom. The fraction of sp³-hybridized carbons (Fsp3) is 0.0500. The molecular weight excluding hydrogens is 403 g/mol. The van der Waals surface area contributed by atoms with E-state index in [4.69, 9.17) is 11.6 Å². The van der Waals surface area contributed by atoms with E-state index in [0.717, 1.165) is 6.07 Å². The molecule has 3 aromatic carbocycles. The molecular formula is C20H16ClFN2O3S. The van der Waals surface area contributed by atoms with E-state index in [9.17, 15) is 17.6 Å². The molecule has 3 rings (SSSR count). The number of carbonyl (C=O) groups is 1. The summed E-state index contributed by atoms with van der Waals surface area (Å²) in [4.78, 5) is 12.5. The quantitative estimate of drug-likeness (QED) is 0.622.